The minimum absolute atomic E-state index is 0.163. The number of carbonyl (C=O) groups excluding carboxylic acids is 1. The molecule has 2 heterocycles. The molecule has 17 heavy (non-hydrogen) atoms. The van der Waals surface area contributed by atoms with E-state index in [1.165, 1.54) is 5.52 Å². The van der Waals surface area contributed by atoms with Crippen LogP contribution >= 0.6 is 0 Å². The van der Waals surface area contributed by atoms with Gasteiger partial charge in [-0.2, -0.15) is 0 Å². The van der Waals surface area contributed by atoms with Gasteiger partial charge in [-0.15, -0.1) is 0 Å². The summed E-state index contributed by atoms with van der Waals surface area (Å²) in [5.41, 5.74) is 7.70. The molecule has 4 heteroatoms. The van der Waals surface area contributed by atoms with Crippen molar-refractivity contribution in [2.24, 2.45) is 0 Å². The average molecular weight is 229 g/mol. The number of aromatic nitrogens is 1. The maximum absolute atomic E-state index is 11.2. The molecule has 1 aliphatic heterocycles. The second-order valence-corrected chi connectivity index (χ2v) is 4.59. The van der Waals surface area contributed by atoms with Crippen LogP contribution < -0.4 is 11.1 Å². The van der Waals surface area contributed by atoms with E-state index < -0.39 is 0 Å². The van der Waals surface area contributed by atoms with Crippen LogP contribution in [0.3, 0.4) is 0 Å². The summed E-state index contributed by atoms with van der Waals surface area (Å²) < 4.78 is 2.17. The Morgan fingerprint density at radius 2 is 2.29 bits per heavy atom. The van der Waals surface area contributed by atoms with Gasteiger partial charge in [-0.25, -0.2) is 0 Å². The molecule has 3 rings (SSSR count). The van der Waals surface area contributed by atoms with Crippen LogP contribution in [0.25, 0.3) is 10.9 Å². The maximum Gasteiger partial charge on any atom is 0.220 e. The number of amides is 1. The molecule has 0 radical (unpaired) electrons. The second-order valence-electron chi connectivity index (χ2n) is 4.59. The summed E-state index contributed by atoms with van der Waals surface area (Å²) in [6, 6.07) is 8.23. The molecule has 1 aromatic heterocycles. The Balaban J connectivity index is 1.88. The van der Waals surface area contributed by atoms with Crippen LogP contribution in [-0.2, 0) is 11.3 Å². The zero-order valence-corrected chi connectivity index (χ0v) is 9.52. The lowest BCUT2D eigenvalue weighted by atomic mass is 10.2. The van der Waals surface area contributed by atoms with Crippen molar-refractivity contribution in [1.29, 1.82) is 0 Å². The van der Waals surface area contributed by atoms with Crippen molar-refractivity contribution in [1.82, 2.24) is 9.88 Å². The zero-order chi connectivity index (χ0) is 11.8. The van der Waals surface area contributed by atoms with E-state index >= 15 is 0 Å². The van der Waals surface area contributed by atoms with Crippen molar-refractivity contribution in [2.75, 3.05) is 5.73 Å². The first-order valence-electron chi connectivity index (χ1n) is 5.86. The van der Waals surface area contributed by atoms with Crippen LogP contribution in [-0.4, -0.2) is 16.5 Å². The highest BCUT2D eigenvalue weighted by Gasteiger charge is 2.21. The molecule has 0 spiro atoms. The highest BCUT2D eigenvalue weighted by Crippen LogP contribution is 2.20. The van der Waals surface area contributed by atoms with Crippen LogP contribution in [0, 0.1) is 0 Å². The number of carbonyl (C=O) groups is 1. The Hall–Kier alpha value is -1.97. The van der Waals surface area contributed by atoms with E-state index in [2.05, 4.69) is 22.1 Å². The summed E-state index contributed by atoms with van der Waals surface area (Å²) in [4.78, 5) is 11.2. The van der Waals surface area contributed by atoms with Crippen LogP contribution in [0.1, 0.15) is 12.8 Å². The van der Waals surface area contributed by atoms with Crippen LogP contribution in [0.4, 0.5) is 5.69 Å². The van der Waals surface area contributed by atoms with Gasteiger partial charge in [0.15, 0.2) is 0 Å². The fourth-order valence-electron chi connectivity index (χ4n) is 2.43. The van der Waals surface area contributed by atoms with Gasteiger partial charge in [0.25, 0.3) is 0 Å². The Kier molecular flexibility index (Phi) is 2.28. The second kappa shape index (κ2) is 3.80. The summed E-state index contributed by atoms with van der Waals surface area (Å²) in [6.45, 7) is 0.832. The van der Waals surface area contributed by atoms with E-state index in [-0.39, 0.29) is 11.9 Å². The number of benzene rings is 1. The third-order valence-corrected chi connectivity index (χ3v) is 3.30. The molecule has 4 nitrogen and oxygen atoms in total. The highest BCUT2D eigenvalue weighted by atomic mass is 16.1. The van der Waals surface area contributed by atoms with Gasteiger partial charge >= 0.3 is 0 Å². The van der Waals surface area contributed by atoms with E-state index in [4.69, 9.17) is 5.73 Å². The van der Waals surface area contributed by atoms with Gasteiger partial charge in [0.05, 0.1) is 0 Å². The van der Waals surface area contributed by atoms with Crippen molar-refractivity contribution < 1.29 is 4.79 Å². The first-order valence-corrected chi connectivity index (χ1v) is 5.86. The number of hydrogen-bond donors (Lipinski definition) is 2. The Bertz CT molecular complexity index is 573. The number of rotatable bonds is 2. The molecule has 1 aliphatic rings. The Morgan fingerprint density at radius 3 is 3.06 bits per heavy atom. The minimum atomic E-state index is 0.163. The van der Waals surface area contributed by atoms with Gasteiger partial charge in [-0.3, -0.25) is 4.79 Å². The topological polar surface area (TPSA) is 60.0 Å². The number of nitrogens with one attached hydrogen (secondary N) is 1. The predicted octanol–water partition coefficient (Wildman–Crippen LogP) is 1.50. The van der Waals surface area contributed by atoms with E-state index in [9.17, 15) is 4.79 Å². The third-order valence-electron chi connectivity index (χ3n) is 3.30. The van der Waals surface area contributed by atoms with Gasteiger partial charge in [-0.05, 0) is 30.7 Å². The smallest absolute Gasteiger partial charge is 0.220 e. The number of nitrogen functional groups attached to an aromatic ring is 1. The molecule has 2 aromatic rings. The van der Waals surface area contributed by atoms with Crippen LogP contribution in [0.5, 0.6) is 0 Å². The summed E-state index contributed by atoms with van der Waals surface area (Å²) in [5, 5.41) is 4.13. The molecule has 0 bridgehead atoms. The molecule has 1 unspecified atom stereocenters. The molecule has 1 aromatic carbocycles. The van der Waals surface area contributed by atoms with Crippen LogP contribution in [0.15, 0.2) is 30.5 Å². The summed E-state index contributed by atoms with van der Waals surface area (Å²) in [7, 11) is 0. The van der Waals surface area contributed by atoms with Crippen molar-refractivity contribution in [3.05, 3.63) is 30.5 Å². The monoisotopic (exact) mass is 229 g/mol. The van der Waals surface area contributed by atoms with Gasteiger partial charge in [-0.1, -0.05) is 0 Å². The minimum Gasteiger partial charge on any atom is -0.399 e. The van der Waals surface area contributed by atoms with Crippen molar-refractivity contribution in [2.45, 2.75) is 25.4 Å². The molecule has 0 saturated carbocycles. The number of nitrogens with zero attached hydrogens (tertiary/aromatic N) is 1. The Morgan fingerprint density at radius 1 is 1.41 bits per heavy atom. The summed E-state index contributed by atoms with van der Waals surface area (Å²) in [6.07, 6.45) is 3.62. The zero-order valence-electron chi connectivity index (χ0n) is 9.52. The molecule has 1 amide bonds. The lowest BCUT2D eigenvalue weighted by Crippen LogP contribution is -2.29. The van der Waals surface area contributed by atoms with E-state index in [1.807, 2.05) is 18.2 Å². The fourth-order valence-corrected chi connectivity index (χ4v) is 2.43. The van der Waals surface area contributed by atoms with E-state index in [0.29, 0.717) is 6.42 Å². The molecule has 1 atom stereocenters. The molecule has 0 aliphatic carbocycles. The third kappa shape index (κ3) is 1.86. The van der Waals surface area contributed by atoms with Gasteiger partial charge < -0.3 is 15.6 Å². The normalized spacial score (nSPS) is 19.8. The molecule has 1 fully saturated rings. The first-order chi connectivity index (χ1) is 8.22. The standard InChI is InChI=1S/C13H15N3O/c14-10-1-3-12-9(7-10)5-6-16(12)8-11-2-4-13(17)15-11/h1,3,5-7,11H,2,4,8,14H2,(H,15,17). The van der Waals surface area contributed by atoms with Gasteiger partial charge in [0.2, 0.25) is 5.91 Å². The first kappa shape index (κ1) is 10.2. The lowest BCUT2D eigenvalue weighted by Gasteiger charge is -2.12. The summed E-state index contributed by atoms with van der Waals surface area (Å²) >= 11 is 0. The maximum atomic E-state index is 11.2. The van der Waals surface area contributed by atoms with Crippen molar-refractivity contribution >= 4 is 22.5 Å². The predicted molar refractivity (Wildman–Crippen MR) is 67.5 cm³/mol. The number of anilines is 1. The number of fused-ring (bicyclic) bond motifs is 1. The van der Waals surface area contributed by atoms with Crippen molar-refractivity contribution in [3.63, 3.8) is 0 Å². The largest absolute Gasteiger partial charge is 0.399 e. The molecule has 88 valence electrons. The van der Waals surface area contributed by atoms with Gasteiger partial charge in [0, 0.05) is 41.8 Å². The molecule has 3 N–H and O–H groups in total. The Labute approximate surface area is 99.4 Å². The molecular formula is C13H15N3O. The molecular weight excluding hydrogens is 214 g/mol. The number of hydrogen-bond acceptors (Lipinski definition) is 2. The molecule has 1 saturated heterocycles. The SMILES string of the molecule is Nc1ccc2c(ccn2CC2CCC(=O)N2)c1. The quantitative estimate of drug-likeness (QED) is 0.767. The summed E-state index contributed by atoms with van der Waals surface area (Å²) in [5.74, 6) is 0.163. The highest BCUT2D eigenvalue weighted by molar-refractivity contribution is 5.83. The van der Waals surface area contributed by atoms with Gasteiger partial charge in [0.1, 0.15) is 0 Å². The average Bonchev–Trinajstić information content (AvgIpc) is 2.86. The fraction of sp³-hybridized carbons (Fsp3) is 0.308. The van der Waals surface area contributed by atoms with E-state index in [1.54, 1.807) is 0 Å². The number of nitrogens with two attached hydrogens (primary N) is 1. The van der Waals surface area contributed by atoms with Crippen LogP contribution in [0.2, 0.25) is 0 Å². The van der Waals surface area contributed by atoms with E-state index in [0.717, 1.165) is 24.0 Å². The van der Waals surface area contributed by atoms with Crippen molar-refractivity contribution in [3.8, 4) is 0 Å². The lowest BCUT2D eigenvalue weighted by molar-refractivity contribution is -0.119.